The Balaban J connectivity index is 1.81. The van der Waals surface area contributed by atoms with Gasteiger partial charge in [0, 0.05) is 30.3 Å². The zero-order valence-corrected chi connectivity index (χ0v) is 13.6. The minimum atomic E-state index is -0.285. The van der Waals surface area contributed by atoms with Gasteiger partial charge in [0.05, 0.1) is 16.9 Å². The molecule has 3 rings (SSSR count). The third-order valence-electron chi connectivity index (χ3n) is 4.52. The van der Waals surface area contributed by atoms with Crippen LogP contribution in [-0.2, 0) is 4.79 Å². The van der Waals surface area contributed by atoms with Gasteiger partial charge in [-0.3, -0.25) is 9.78 Å². The number of likely N-dealkylation sites (tertiary alicyclic amines) is 1. The van der Waals surface area contributed by atoms with Crippen LogP contribution in [0.5, 0.6) is 0 Å². The average Bonchev–Trinajstić information content (AvgIpc) is 2.53. The van der Waals surface area contributed by atoms with Crippen LogP contribution < -0.4 is 5.73 Å². The van der Waals surface area contributed by atoms with Gasteiger partial charge < -0.3 is 10.6 Å². The molecule has 0 spiro atoms. The number of halogens is 1. The summed E-state index contributed by atoms with van der Waals surface area (Å²) in [6.07, 6.45) is 1.73. The molecule has 5 heteroatoms. The molecule has 1 saturated heterocycles. The van der Waals surface area contributed by atoms with E-state index in [-0.39, 0.29) is 23.6 Å². The first-order valence-electron chi connectivity index (χ1n) is 8.10. The van der Waals surface area contributed by atoms with Gasteiger partial charge in [-0.15, -0.1) is 0 Å². The summed E-state index contributed by atoms with van der Waals surface area (Å²) in [5, 5.41) is 0.721. The number of nitrogens with zero attached hydrogens (tertiary/aromatic N) is 2. The highest BCUT2D eigenvalue weighted by molar-refractivity contribution is 5.82. The number of nitrogen functional groups attached to an aromatic ring is 1. The van der Waals surface area contributed by atoms with Crippen molar-refractivity contribution in [3.8, 4) is 0 Å². The molecule has 1 aliphatic heterocycles. The predicted molar refractivity (Wildman–Crippen MR) is 89.5 cm³/mol. The molecule has 23 heavy (non-hydrogen) atoms. The van der Waals surface area contributed by atoms with Crippen LogP contribution in [-0.4, -0.2) is 28.9 Å². The van der Waals surface area contributed by atoms with Crippen molar-refractivity contribution < 1.29 is 9.18 Å². The van der Waals surface area contributed by atoms with E-state index < -0.39 is 0 Å². The number of piperidine rings is 1. The predicted octanol–water partition coefficient (Wildman–Crippen LogP) is 3.32. The summed E-state index contributed by atoms with van der Waals surface area (Å²) in [6.45, 7) is 5.33. The molecule has 2 aromatic rings. The van der Waals surface area contributed by atoms with E-state index in [0.29, 0.717) is 5.69 Å². The number of hydrogen-bond acceptors (Lipinski definition) is 3. The van der Waals surface area contributed by atoms with E-state index >= 15 is 0 Å². The zero-order valence-electron chi connectivity index (χ0n) is 13.6. The summed E-state index contributed by atoms with van der Waals surface area (Å²) in [4.78, 5) is 18.6. The summed E-state index contributed by atoms with van der Waals surface area (Å²) in [7, 11) is 0. The summed E-state index contributed by atoms with van der Waals surface area (Å²) < 4.78 is 13.3. The van der Waals surface area contributed by atoms with E-state index in [0.717, 1.165) is 42.5 Å². The first kappa shape index (κ1) is 15.7. The highest BCUT2D eigenvalue weighted by Gasteiger charge is 2.27. The minimum absolute atomic E-state index is 0.0327. The van der Waals surface area contributed by atoms with Gasteiger partial charge in [0.15, 0.2) is 0 Å². The molecule has 1 aromatic carbocycles. The Morgan fingerprint density at radius 2 is 2.00 bits per heavy atom. The maximum absolute atomic E-state index is 13.3. The molecule has 1 aliphatic rings. The van der Waals surface area contributed by atoms with Gasteiger partial charge in [0.25, 0.3) is 0 Å². The van der Waals surface area contributed by atoms with Gasteiger partial charge in [-0.25, -0.2) is 4.39 Å². The van der Waals surface area contributed by atoms with Crippen LogP contribution in [0.4, 0.5) is 10.1 Å². The van der Waals surface area contributed by atoms with Crippen molar-refractivity contribution in [1.29, 1.82) is 0 Å². The van der Waals surface area contributed by atoms with Gasteiger partial charge >= 0.3 is 0 Å². The van der Waals surface area contributed by atoms with Gasteiger partial charge in [0.1, 0.15) is 5.82 Å². The van der Waals surface area contributed by atoms with E-state index in [1.54, 1.807) is 12.1 Å². The lowest BCUT2D eigenvalue weighted by Gasteiger charge is -2.33. The normalized spacial score (nSPS) is 16.3. The highest BCUT2D eigenvalue weighted by Crippen LogP contribution is 2.32. The number of fused-ring (bicyclic) bond motifs is 1. The Kier molecular flexibility index (Phi) is 4.20. The summed E-state index contributed by atoms with van der Waals surface area (Å²) in [5.74, 6) is 0.205. The Labute approximate surface area is 135 Å². The lowest BCUT2D eigenvalue weighted by atomic mass is 9.91. The van der Waals surface area contributed by atoms with E-state index in [9.17, 15) is 9.18 Å². The second-order valence-corrected chi connectivity index (χ2v) is 6.55. The lowest BCUT2D eigenvalue weighted by molar-refractivity contribution is -0.135. The van der Waals surface area contributed by atoms with Crippen LogP contribution >= 0.6 is 0 Å². The summed E-state index contributed by atoms with van der Waals surface area (Å²) >= 11 is 0. The second kappa shape index (κ2) is 6.14. The lowest BCUT2D eigenvalue weighted by Crippen LogP contribution is -2.40. The molecule has 0 unspecified atom stereocenters. The van der Waals surface area contributed by atoms with Gasteiger partial charge in [-0.2, -0.15) is 0 Å². The van der Waals surface area contributed by atoms with Crippen LogP contribution in [0.15, 0.2) is 24.3 Å². The van der Waals surface area contributed by atoms with E-state index in [4.69, 9.17) is 5.73 Å². The molecular formula is C18H22FN3O. The molecular weight excluding hydrogens is 293 g/mol. The zero-order chi connectivity index (χ0) is 16.6. The van der Waals surface area contributed by atoms with E-state index in [1.807, 2.05) is 18.7 Å². The third kappa shape index (κ3) is 3.14. The molecule has 1 fully saturated rings. The maximum Gasteiger partial charge on any atom is 0.225 e. The number of carbonyl (C=O) groups excluding carboxylic acids is 1. The first-order valence-corrected chi connectivity index (χ1v) is 8.10. The topological polar surface area (TPSA) is 59.2 Å². The fourth-order valence-corrected chi connectivity index (χ4v) is 3.24. The number of anilines is 1. The van der Waals surface area contributed by atoms with Crippen molar-refractivity contribution in [2.24, 2.45) is 5.92 Å². The Morgan fingerprint density at radius 3 is 2.65 bits per heavy atom. The van der Waals surface area contributed by atoms with Crippen molar-refractivity contribution in [3.05, 3.63) is 35.8 Å². The summed E-state index contributed by atoms with van der Waals surface area (Å²) in [6, 6.07) is 6.35. The fourth-order valence-electron chi connectivity index (χ4n) is 3.24. The number of amides is 1. The molecule has 0 radical (unpaired) electrons. The van der Waals surface area contributed by atoms with E-state index in [2.05, 4.69) is 4.98 Å². The minimum Gasteiger partial charge on any atom is -0.397 e. The van der Waals surface area contributed by atoms with Crippen LogP contribution in [0.3, 0.4) is 0 Å². The number of aromatic nitrogens is 1. The monoisotopic (exact) mass is 315 g/mol. The van der Waals surface area contributed by atoms with Gasteiger partial charge in [0.2, 0.25) is 5.91 Å². The average molecular weight is 315 g/mol. The number of carbonyl (C=O) groups is 1. The second-order valence-electron chi connectivity index (χ2n) is 6.55. The molecule has 0 aliphatic carbocycles. The smallest absolute Gasteiger partial charge is 0.225 e. The Bertz CT molecular complexity index is 736. The molecule has 122 valence electrons. The number of hydrogen-bond donors (Lipinski definition) is 1. The van der Waals surface area contributed by atoms with Gasteiger partial charge in [-0.1, -0.05) is 13.8 Å². The molecule has 1 aromatic heterocycles. The SMILES string of the molecule is CC(C)C(=O)N1CCC(c2nc3ccc(F)cc3cc2N)CC1. The molecule has 0 atom stereocenters. The number of benzene rings is 1. The molecule has 0 bridgehead atoms. The Morgan fingerprint density at radius 1 is 1.30 bits per heavy atom. The number of pyridine rings is 1. The van der Waals surface area contributed by atoms with Crippen LogP contribution in [0.2, 0.25) is 0 Å². The van der Waals surface area contributed by atoms with Crippen LogP contribution in [0.1, 0.15) is 38.3 Å². The van der Waals surface area contributed by atoms with E-state index in [1.165, 1.54) is 12.1 Å². The molecule has 2 N–H and O–H groups in total. The largest absolute Gasteiger partial charge is 0.397 e. The van der Waals surface area contributed by atoms with Crippen LogP contribution in [0, 0.1) is 11.7 Å². The standard InChI is InChI=1S/C18H22FN3O/c1-11(2)18(23)22-7-5-12(6-8-22)17-15(20)10-13-9-14(19)3-4-16(13)21-17/h3-4,9-12H,5-8,20H2,1-2H3. The van der Waals surface area contributed by atoms with Gasteiger partial charge in [-0.05, 0) is 37.1 Å². The van der Waals surface area contributed by atoms with Crippen molar-refractivity contribution in [2.75, 3.05) is 18.8 Å². The number of rotatable bonds is 2. The molecule has 4 nitrogen and oxygen atoms in total. The molecule has 2 heterocycles. The fraction of sp³-hybridized carbons (Fsp3) is 0.444. The Hall–Kier alpha value is -2.17. The van der Waals surface area contributed by atoms with Crippen molar-refractivity contribution in [3.63, 3.8) is 0 Å². The first-order chi connectivity index (χ1) is 11.0. The van der Waals surface area contributed by atoms with Crippen LogP contribution in [0.25, 0.3) is 10.9 Å². The van der Waals surface area contributed by atoms with Crippen molar-refractivity contribution in [1.82, 2.24) is 9.88 Å². The van der Waals surface area contributed by atoms with Crippen molar-refractivity contribution >= 4 is 22.5 Å². The van der Waals surface area contributed by atoms with Crippen molar-refractivity contribution in [2.45, 2.75) is 32.6 Å². The molecule has 0 saturated carbocycles. The third-order valence-corrected chi connectivity index (χ3v) is 4.52. The molecule has 1 amide bonds. The highest BCUT2D eigenvalue weighted by atomic mass is 19.1. The quantitative estimate of drug-likeness (QED) is 0.925. The number of nitrogens with two attached hydrogens (primary N) is 1. The maximum atomic E-state index is 13.3. The summed E-state index contributed by atoms with van der Waals surface area (Å²) in [5.41, 5.74) is 8.39.